The van der Waals surface area contributed by atoms with Gasteiger partial charge in [0, 0.05) is 15.5 Å². The number of hydrogen-bond donors (Lipinski definition) is 1. The third-order valence-electron chi connectivity index (χ3n) is 3.62. The molecule has 0 bridgehead atoms. The van der Waals surface area contributed by atoms with Crippen molar-refractivity contribution in [3.63, 3.8) is 0 Å². The molecule has 3 rings (SSSR count). The summed E-state index contributed by atoms with van der Waals surface area (Å²) >= 11 is 6.90. The predicted molar refractivity (Wildman–Crippen MR) is 106 cm³/mol. The molecule has 1 N–H and O–H groups in total. The normalized spacial score (nSPS) is 11.2. The molecule has 1 aromatic heterocycles. The molecular weight excluding hydrogens is 408 g/mol. The van der Waals surface area contributed by atoms with E-state index in [0.717, 1.165) is 16.9 Å². The lowest BCUT2D eigenvalue weighted by atomic mass is 10.1. The first-order valence-electron chi connectivity index (χ1n) is 7.79. The monoisotopic (exact) mass is 422 g/mol. The highest BCUT2D eigenvalue weighted by molar-refractivity contribution is 7.93. The summed E-state index contributed by atoms with van der Waals surface area (Å²) in [5.41, 5.74) is 1.32. The summed E-state index contributed by atoms with van der Waals surface area (Å²) < 4.78 is 32.3. The molecule has 0 saturated heterocycles. The van der Waals surface area contributed by atoms with Gasteiger partial charge in [-0.2, -0.15) is 0 Å². The molecule has 2 aromatic carbocycles. The Morgan fingerprint density at radius 3 is 2.44 bits per heavy atom. The Kier molecular flexibility index (Phi) is 5.79. The number of thiazole rings is 1. The fourth-order valence-corrected chi connectivity index (χ4v) is 4.66. The van der Waals surface area contributed by atoms with Crippen molar-refractivity contribution in [1.82, 2.24) is 4.98 Å². The molecule has 3 aromatic rings. The van der Waals surface area contributed by atoms with Crippen LogP contribution in [0.5, 0.6) is 0 Å². The van der Waals surface area contributed by atoms with E-state index in [0.29, 0.717) is 15.6 Å². The van der Waals surface area contributed by atoms with Crippen molar-refractivity contribution in [2.75, 3.05) is 11.8 Å². The Hall–Kier alpha value is -2.42. The van der Waals surface area contributed by atoms with Gasteiger partial charge in [0.2, 0.25) is 0 Å². The van der Waals surface area contributed by atoms with Gasteiger partial charge in [-0.05, 0) is 24.3 Å². The van der Waals surface area contributed by atoms with Gasteiger partial charge in [0.1, 0.15) is 0 Å². The smallest absolute Gasteiger partial charge is 0.310 e. The minimum absolute atomic E-state index is 0.00106. The quantitative estimate of drug-likeness (QED) is 0.607. The number of methoxy groups -OCH3 is 1. The standard InChI is InChI=1S/C18H15ClN2O4S2/c1-25-16(22)11-15-17(12-5-3-2-4-6-12)20-18(26-15)21-27(23,24)14-9-7-13(19)8-10-14/h2-10H,11H2,1H3,(H,20,21). The number of sulfonamides is 1. The zero-order chi connectivity index (χ0) is 19.4. The van der Waals surface area contributed by atoms with Crippen LogP contribution in [-0.4, -0.2) is 26.5 Å². The average Bonchev–Trinajstić information content (AvgIpc) is 3.04. The lowest BCUT2D eigenvalue weighted by molar-refractivity contribution is -0.139. The van der Waals surface area contributed by atoms with E-state index in [-0.39, 0.29) is 16.4 Å². The molecule has 0 aliphatic carbocycles. The van der Waals surface area contributed by atoms with Gasteiger partial charge in [0.05, 0.1) is 24.1 Å². The largest absolute Gasteiger partial charge is 0.469 e. The summed E-state index contributed by atoms with van der Waals surface area (Å²) in [4.78, 5) is 16.8. The molecule has 0 radical (unpaired) electrons. The molecule has 1 heterocycles. The topological polar surface area (TPSA) is 85.4 Å². The molecule has 0 spiro atoms. The van der Waals surface area contributed by atoms with Crippen LogP contribution >= 0.6 is 22.9 Å². The summed E-state index contributed by atoms with van der Waals surface area (Å²) in [6, 6.07) is 15.0. The van der Waals surface area contributed by atoms with Gasteiger partial charge in [-0.15, -0.1) is 0 Å². The van der Waals surface area contributed by atoms with Crippen molar-refractivity contribution >= 4 is 44.1 Å². The number of rotatable bonds is 6. The first kappa shape index (κ1) is 19.3. The van der Waals surface area contributed by atoms with Gasteiger partial charge in [0.25, 0.3) is 10.0 Å². The molecular formula is C18H15ClN2O4S2. The number of carbonyl (C=O) groups is 1. The molecule has 0 atom stereocenters. The molecule has 27 heavy (non-hydrogen) atoms. The zero-order valence-electron chi connectivity index (χ0n) is 14.2. The van der Waals surface area contributed by atoms with E-state index in [4.69, 9.17) is 16.3 Å². The van der Waals surface area contributed by atoms with Gasteiger partial charge < -0.3 is 4.74 Å². The highest BCUT2D eigenvalue weighted by Crippen LogP contribution is 2.33. The number of esters is 1. The van der Waals surface area contributed by atoms with Crippen LogP contribution in [0.2, 0.25) is 5.02 Å². The maximum absolute atomic E-state index is 12.6. The first-order valence-corrected chi connectivity index (χ1v) is 10.5. The Morgan fingerprint density at radius 2 is 1.81 bits per heavy atom. The summed E-state index contributed by atoms with van der Waals surface area (Å²) in [7, 11) is -2.53. The molecule has 0 fully saturated rings. The van der Waals surface area contributed by atoms with Crippen LogP contribution in [0.4, 0.5) is 5.13 Å². The number of halogens is 1. The molecule has 9 heteroatoms. The second-order valence-electron chi connectivity index (χ2n) is 5.47. The predicted octanol–water partition coefficient (Wildman–Crippen LogP) is 3.98. The Balaban J connectivity index is 1.96. The minimum atomic E-state index is -3.83. The van der Waals surface area contributed by atoms with Gasteiger partial charge in [0.15, 0.2) is 5.13 Å². The highest BCUT2D eigenvalue weighted by atomic mass is 35.5. The molecule has 0 aliphatic heterocycles. The minimum Gasteiger partial charge on any atom is -0.469 e. The third kappa shape index (κ3) is 4.65. The van der Waals surface area contributed by atoms with Crippen molar-refractivity contribution in [3.8, 4) is 11.3 Å². The molecule has 6 nitrogen and oxygen atoms in total. The Labute approximate surface area is 165 Å². The lowest BCUT2D eigenvalue weighted by Crippen LogP contribution is -2.12. The fourth-order valence-electron chi connectivity index (χ4n) is 2.33. The van der Waals surface area contributed by atoms with Crippen LogP contribution in [-0.2, 0) is 26.0 Å². The van der Waals surface area contributed by atoms with E-state index in [2.05, 4.69) is 9.71 Å². The maximum Gasteiger partial charge on any atom is 0.310 e. The number of nitrogens with one attached hydrogen (secondary N) is 1. The van der Waals surface area contributed by atoms with Gasteiger partial charge in [-0.25, -0.2) is 13.4 Å². The number of nitrogens with zero attached hydrogens (tertiary/aromatic N) is 1. The van der Waals surface area contributed by atoms with Crippen LogP contribution < -0.4 is 4.72 Å². The van der Waals surface area contributed by atoms with Crippen LogP contribution in [0.25, 0.3) is 11.3 Å². The number of hydrogen-bond acceptors (Lipinski definition) is 6. The van der Waals surface area contributed by atoms with Crippen molar-refractivity contribution < 1.29 is 17.9 Å². The molecule has 0 saturated carbocycles. The van der Waals surface area contributed by atoms with E-state index in [1.54, 1.807) is 0 Å². The molecule has 0 unspecified atom stereocenters. The van der Waals surface area contributed by atoms with E-state index in [1.165, 1.54) is 31.4 Å². The van der Waals surface area contributed by atoms with E-state index in [1.807, 2.05) is 30.3 Å². The third-order valence-corrected chi connectivity index (χ3v) is 6.33. The van der Waals surface area contributed by atoms with Crippen LogP contribution in [0.3, 0.4) is 0 Å². The molecule has 140 valence electrons. The number of benzene rings is 2. The van der Waals surface area contributed by atoms with Crippen molar-refractivity contribution in [1.29, 1.82) is 0 Å². The lowest BCUT2D eigenvalue weighted by Gasteiger charge is -2.04. The Morgan fingerprint density at radius 1 is 1.15 bits per heavy atom. The highest BCUT2D eigenvalue weighted by Gasteiger charge is 2.21. The zero-order valence-corrected chi connectivity index (χ0v) is 16.6. The van der Waals surface area contributed by atoms with Crippen molar-refractivity contribution in [2.45, 2.75) is 11.3 Å². The average molecular weight is 423 g/mol. The summed E-state index contributed by atoms with van der Waals surface area (Å²) in [6.07, 6.45) is 0.00106. The van der Waals surface area contributed by atoms with Crippen LogP contribution in [0, 0.1) is 0 Å². The van der Waals surface area contributed by atoms with Crippen LogP contribution in [0.1, 0.15) is 4.88 Å². The van der Waals surface area contributed by atoms with Crippen LogP contribution in [0.15, 0.2) is 59.5 Å². The number of carbonyl (C=O) groups excluding carboxylic acids is 1. The number of aromatic nitrogens is 1. The van der Waals surface area contributed by atoms with Crippen molar-refractivity contribution in [3.05, 3.63) is 64.5 Å². The summed E-state index contributed by atoms with van der Waals surface area (Å²) in [5.74, 6) is -0.428. The molecule has 0 aliphatic rings. The second kappa shape index (κ2) is 8.08. The summed E-state index contributed by atoms with van der Waals surface area (Å²) in [5, 5.41) is 0.609. The molecule has 0 amide bonds. The van der Waals surface area contributed by atoms with E-state index in [9.17, 15) is 13.2 Å². The van der Waals surface area contributed by atoms with Gasteiger partial charge in [-0.3, -0.25) is 9.52 Å². The van der Waals surface area contributed by atoms with E-state index < -0.39 is 16.0 Å². The SMILES string of the molecule is COC(=O)Cc1sc(NS(=O)(=O)c2ccc(Cl)cc2)nc1-c1ccccc1. The number of ether oxygens (including phenoxy) is 1. The summed E-state index contributed by atoms with van der Waals surface area (Å²) in [6.45, 7) is 0. The second-order valence-corrected chi connectivity index (χ2v) is 8.67. The van der Waals surface area contributed by atoms with E-state index >= 15 is 0 Å². The Bertz CT molecular complexity index is 1050. The van der Waals surface area contributed by atoms with Gasteiger partial charge in [-0.1, -0.05) is 53.3 Å². The fraction of sp³-hybridized carbons (Fsp3) is 0.111. The van der Waals surface area contributed by atoms with Gasteiger partial charge >= 0.3 is 5.97 Å². The maximum atomic E-state index is 12.6. The number of anilines is 1. The van der Waals surface area contributed by atoms with Crippen molar-refractivity contribution in [2.24, 2.45) is 0 Å². The first-order chi connectivity index (χ1) is 12.9.